The van der Waals surface area contributed by atoms with Crippen LogP contribution in [0.5, 0.6) is 0 Å². The number of nitrogens with zero attached hydrogens (tertiary/aromatic N) is 2. The van der Waals surface area contributed by atoms with Crippen molar-refractivity contribution in [2.45, 2.75) is 19.0 Å². The van der Waals surface area contributed by atoms with Gasteiger partial charge in [-0.2, -0.15) is 0 Å². The SMILES string of the molecule is O=C1CC(N(Cc2ccccc2Cl)C(=O)c2ccccc2F)C(=O)N1c1ccc(Br)cc1. The summed E-state index contributed by atoms with van der Waals surface area (Å²) in [6.07, 6.45) is -0.209. The van der Waals surface area contributed by atoms with Gasteiger partial charge in [0.2, 0.25) is 5.91 Å². The molecule has 1 saturated heterocycles. The molecule has 1 aliphatic rings. The van der Waals surface area contributed by atoms with Crippen molar-refractivity contribution in [1.82, 2.24) is 4.90 Å². The smallest absolute Gasteiger partial charge is 0.257 e. The van der Waals surface area contributed by atoms with Gasteiger partial charge in [-0.15, -0.1) is 0 Å². The zero-order chi connectivity index (χ0) is 22.8. The van der Waals surface area contributed by atoms with Gasteiger partial charge in [-0.25, -0.2) is 9.29 Å². The second kappa shape index (κ2) is 9.22. The molecule has 32 heavy (non-hydrogen) atoms. The summed E-state index contributed by atoms with van der Waals surface area (Å²) < 4.78 is 15.2. The summed E-state index contributed by atoms with van der Waals surface area (Å²) in [7, 11) is 0. The third-order valence-corrected chi connectivity index (χ3v) is 6.14. The van der Waals surface area contributed by atoms with Gasteiger partial charge in [0, 0.05) is 16.0 Å². The second-order valence-corrected chi connectivity index (χ2v) is 8.59. The Hall–Kier alpha value is -3.03. The normalized spacial score (nSPS) is 15.8. The Kier molecular flexibility index (Phi) is 6.39. The van der Waals surface area contributed by atoms with Crippen LogP contribution in [0.25, 0.3) is 0 Å². The largest absolute Gasteiger partial charge is 0.322 e. The van der Waals surface area contributed by atoms with Crippen LogP contribution in [0.15, 0.2) is 77.3 Å². The number of halogens is 3. The number of carbonyl (C=O) groups is 3. The van der Waals surface area contributed by atoms with Crippen molar-refractivity contribution in [3.8, 4) is 0 Å². The van der Waals surface area contributed by atoms with E-state index in [-0.39, 0.29) is 18.5 Å². The molecular formula is C24H17BrClFN2O3. The van der Waals surface area contributed by atoms with Crippen molar-refractivity contribution in [2.75, 3.05) is 4.90 Å². The number of hydrogen-bond donors (Lipinski definition) is 0. The van der Waals surface area contributed by atoms with Gasteiger partial charge in [0.25, 0.3) is 11.8 Å². The number of carbonyl (C=O) groups excluding carboxylic acids is 3. The fourth-order valence-corrected chi connectivity index (χ4v) is 4.10. The third-order valence-electron chi connectivity index (χ3n) is 5.25. The topological polar surface area (TPSA) is 57.7 Å². The fourth-order valence-electron chi connectivity index (χ4n) is 3.64. The van der Waals surface area contributed by atoms with Crippen LogP contribution in [0, 0.1) is 5.82 Å². The Morgan fingerprint density at radius 2 is 1.69 bits per heavy atom. The molecular weight excluding hydrogens is 499 g/mol. The first-order chi connectivity index (χ1) is 15.4. The van der Waals surface area contributed by atoms with Gasteiger partial charge in [-0.3, -0.25) is 14.4 Å². The molecule has 3 aromatic rings. The zero-order valence-corrected chi connectivity index (χ0v) is 19.0. The average molecular weight is 516 g/mol. The quantitative estimate of drug-likeness (QED) is 0.438. The summed E-state index contributed by atoms with van der Waals surface area (Å²) in [5.74, 6) is -2.38. The highest BCUT2D eigenvalue weighted by molar-refractivity contribution is 9.10. The molecule has 0 N–H and O–H groups in total. The van der Waals surface area contributed by atoms with Crippen LogP contribution in [-0.4, -0.2) is 28.7 Å². The van der Waals surface area contributed by atoms with Gasteiger partial charge in [-0.1, -0.05) is 57.9 Å². The Balaban J connectivity index is 1.72. The van der Waals surface area contributed by atoms with Crippen LogP contribution < -0.4 is 4.90 Å². The predicted molar refractivity (Wildman–Crippen MR) is 123 cm³/mol. The van der Waals surface area contributed by atoms with E-state index in [1.54, 1.807) is 54.6 Å². The summed E-state index contributed by atoms with van der Waals surface area (Å²) in [5, 5.41) is 0.403. The molecule has 0 aromatic heterocycles. The Morgan fingerprint density at radius 1 is 1.03 bits per heavy atom. The summed E-state index contributed by atoms with van der Waals surface area (Å²) in [6.45, 7) is -0.0509. The van der Waals surface area contributed by atoms with Crippen LogP contribution >= 0.6 is 27.5 Å². The van der Waals surface area contributed by atoms with Gasteiger partial charge in [0.1, 0.15) is 11.9 Å². The molecule has 8 heteroatoms. The Bertz CT molecular complexity index is 1200. The van der Waals surface area contributed by atoms with E-state index < -0.39 is 29.6 Å². The van der Waals surface area contributed by atoms with Crippen LogP contribution in [0.3, 0.4) is 0 Å². The second-order valence-electron chi connectivity index (χ2n) is 7.27. The Labute approximate surface area is 197 Å². The molecule has 1 aliphatic heterocycles. The molecule has 162 valence electrons. The Morgan fingerprint density at radius 3 is 2.38 bits per heavy atom. The lowest BCUT2D eigenvalue weighted by atomic mass is 10.1. The number of imide groups is 1. The lowest BCUT2D eigenvalue weighted by molar-refractivity contribution is -0.122. The highest BCUT2D eigenvalue weighted by Crippen LogP contribution is 2.30. The van der Waals surface area contributed by atoms with Crippen molar-refractivity contribution in [1.29, 1.82) is 0 Å². The monoisotopic (exact) mass is 514 g/mol. The highest BCUT2D eigenvalue weighted by atomic mass is 79.9. The minimum Gasteiger partial charge on any atom is -0.322 e. The number of rotatable bonds is 5. The van der Waals surface area contributed by atoms with E-state index in [4.69, 9.17) is 11.6 Å². The first-order valence-corrected chi connectivity index (χ1v) is 10.9. The van der Waals surface area contributed by atoms with Crippen LogP contribution in [0.1, 0.15) is 22.3 Å². The lowest BCUT2D eigenvalue weighted by Crippen LogP contribution is -2.45. The molecule has 0 aliphatic carbocycles. The first kappa shape index (κ1) is 22.2. The van der Waals surface area contributed by atoms with Crippen LogP contribution in [-0.2, 0) is 16.1 Å². The molecule has 0 saturated carbocycles. The van der Waals surface area contributed by atoms with Crippen LogP contribution in [0.2, 0.25) is 5.02 Å². The van der Waals surface area contributed by atoms with Crippen molar-refractivity contribution >= 4 is 50.9 Å². The lowest BCUT2D eigenvalue weighted by Gasteiger charge is -2.28. The fraction of sp³-hybridized carbons (Fsp3) is 0.125. The van der Waals surface area contributed by atoms with E-state index >= 15 is 0 Å². The number of benzene rings is 3. The third kappa shape index (κ3) is 4.31. The van der Waals surface area contributed by atoms with Crippen molar-refractivity contribution in [2.24, 2.45) is 0 Å². The number of hydrogen-bond acceptors (Lipinski definition) is 3. The van der Waals surface area contributed by atoms with Crippen molar-refractivity contribution < 1.29 is 18.8 Å². The molecule has 1 fully saturated rings. The summed E-state index contributed by atoms with van der Waals surface area (Å²) in [5.41, 5.74) is 0.810. The molecule has 1 atom stereocenters. The first-order valence-electron chi connectivity index (χ1n) is 9.78. The van der Waals surface area contributed by atoms with Crippen LogP contribution in [0.4, 0.5) is 10.1 Å². The van der Waals surface area contributed by atoms with Gasteiger partial charge in [0.05, 0.1) is 17.7 Å². The van der Waals surface area contributed by atoms with E-state index in [1.807, 2.05) is 0 Å². The van der Waals surface area contributed by atoms with Gasteiger partial charge < -0.3 is 4.90 Å². The molecule has 3 aromatic carbocycles. The van der Waals surface area contributed by atoms with Crippen molar-refractivity contribution in [3.63, 3.8) is 0 Å². The van der Waals surface area contributed by atoms with Gasteiger partial charge in [-0.05, 0) is 48.0 Å². The molecule has 3 amide bonds. The summed E-state index contributed by atoms with van der Waals surface area (Å²) in [4.78, 5) is 41.7. The van der Waals surface area contributed by atoms with Gasteiger partial charge >= 0.3 is 0 Å². The minimum absolute atomic E-state index is 0.0509. The molecule has 4 rings (SSSR count). The van der Waals surface area contributed by atoms with E-state index in [1.165, 1.54) is 23.1 Å². The standard InChI is InChI=1S/C24H17BrClFN2O3/c25-16-9-11-17(12-10-16)29-22(30)13-21(24(29)32)28(14-15-5-1-3-7-19(15)26)23(31)18-6-2-4-8-20(18)27/h1-12,21H,13-14H2. The maximum absolute atomic E-state index is 14.4. The van der Waals surface area contributed by atoms with E-state index in [0.29, 0.717) is 16.3 Å². The van der Waals surface area contributed by atoms with E-state index in [2.05, 4.69) is 15.9 Å². The maximum atomic E-state index is 14.4. The average Bonchev–Trinajstić information content (AvgIpc) is 3.07. The predicted octanol–water partition coefficient (Wildman–Crippen LogP) is 5.22. The molecule has 0 radical (unpaired) electrons. The summed E-state index contributed by atoms with van der Waals surface area (Å²) >= 11 is 9.61. The number of anilines is 1. The molecule has 1 unspecified atom stereocenters. The van der Waals surface area contributed by atoms with E-state index in [0.717, 1.165) is 9.37 Å². The number of amides is 3. The summed E-state index contributed by atoms with van der Waals surface area (Å²) in [6, 6.07) is 18.1. The molecule has 5 nitrogen and oxygen atoms in total. The molecule has 0 bridgehead atoms. The minimum atomic E-state index is -1.09. The molecule has 1 heterocycles. The molecule has 0 spiro atoms. The highest BCUT2D eigenvalue weighted by Gasteiger charge is 2.45. The van der Waals surface area contributed by atoms with Crippen molar-refractivity contribution in [3.05, 3.63) is 99.2 Å². The van der Waals surface area contributed by atoms with E-state index in [9.17, 15) is 18.8 Å². The zero-order valence-electron chi connectivity index (χ0n) is 16.7. The maximum Gasteiger partial charge on any atom is 0.257 e. The van der Waals surface area contributed by atoms with Gasteiger partial charge in [0.15, 0.2) is 0 Å².